The average Bonchev–Trinajstić information content (AvgIpc) is 2.37. The van der Waals surface area contributed by atoms with Crippen LogP contribution >= 0.6 is 0 Å². The van der Waals surface area contributed by atoms with E-state index in [0.717, 1.165) is 0 Å². The van der Waals surface area contributed by atoms with E-state index in [1.807, 2.05) is 33.8 Å². The number of Topliss-reactive ketones (excluding diaryl/α,β-unsaturated/α-hetero) is 1. The van der Waals surface area contributed by atoms with Crippen molar-refractivity contribution in [3.05, 3.63) is 35.9 Å². The molecule has 104 valence electrons. The maximum absolute atomic E-state index is 12.4. The van der Waals surface area contributed by atoms with Crippen molar-refractivity contribution in [3.8, 4) is 0 Å². The van der Waals surface area contributed by atoms with Gasteiger partial charge in [-0.25, -0.2) is 0 Å². The minimum atomic E-state index is -0.721. The molecule has 1 unspecified atom stereocenters. The van der Waals surface area contributed by atoms with E-state index < -0.39 is 11.9 Å². The monoisotopic (exact) mass is 262 g/mol. The van der Waals surface area contributed by atoms with E-state index in [2.05, 4.69) is 0 Å². The molecule has 3 heteroatoms. The number of rotatable bonds is 6. The zero-order chi connectivity index (χ0) is 14.4. The van der Waals surface area contributed by atoms with Gasteiger partial charge in [0.25, 0.3) is 0 Å². The zero-order valence-electron chi connectivity index (χ0n) is 12.1. The number of benzene rings is 1. The highest BCUT2D eigenvalue weighted by molar-refractivity contribution is 6.08. The van der Waals surface area contributed by atoms with E-state index >= 15 is 0 Å². The fourth-order valence-corrected chi connectivity index (χ4v) is 1.80. The van der Waals surface area contributed by atoms with E-state index in [9.17, 15) is 9.59 Å². The molecule has 0 heterocycles. The molecule has 19 heavy (non-hydrogen) atoms. The summed E-state index contributed by atoms with van der Waals surface area (Å²) >= 11 is 0. The molecule has 0 saturated carbocycles. The summed E-state index contributed by atoms with van der Waals surface area (Å²) in [5.41, 5.74) is 0.558. The van der Waals surface area contributed by atoms with Gasteiger partial charge in [0, 0.05) is 5.56 Å². The Hall–Kier alpha value is -1.64. The standard InChI is InChI=1S/C16H22O3/c1-11(2)10-19-16(18)14(12(3)4)15(17)13-8-6-5-7-9-13/h5-9,11-12,14H,10H2,1-4H3. The van der Waals surface area contributed by atoms with Crippen LogP contribution in [0, 0.1) is 17.8 Å². The first kappa shape index (κ1) is 15.4. The summed E-state index contributed by atoms with van der Waals surface area (Å²) in [7, 11) is 0. The van der Waals surface area contributed by atoms with Crippen molar-refractivity contribution in [1.82, 2.24) is 0 Å². The predicted molar refractivity (Wildman–Crippen MR) is 74.9 cm³/mol. The van der Waals surface area contributed by atoms with Crippen LogP contribution in [0.1, 0.15) is 38.1 Å². The van der Waals surface area contributed by atoms with Crippen molar-refractivity contribution in [1.29, 1.82) is 0 Å². The molecule has 0 aliphatic rings. The first-order valence-electron chi connectivity index (χ1n) is 6.69. The SMILES string of the molecule is CC(C)COC(=O)C(C(=O)c1ccccc1)C(C)C. The first-order valence-corrected chi connectivity index (χ1v) is 6.69. The van der Waals surface area contributed by atoms with Gasteiger partial charge in [-0.3, -0.25) is 9.59 Å². The summed E-state index contributed by atoms with van der Waals surface area (Å²) in [6.07, 6.45) is 0. The fraction of sp³-hybridized carbons (Fsp3) is 0.500. The molecule has 0 aromatic heterocycles. The molecule has 0 saturated heterocycles. The van der Waals surface area contributed by atoms with Crippen molar-refractivity contribution in [2.24, 2.45) is 17.8 Å². The second kappa shape index (κ2) is 7.07. The molecule has 0 fully saturated rings. The van der Waals surface area contributed by atoms with Crippen LogP contribution in [-0.2, 0) is 9.53 Å². The largest absolute Gasteiger partial charge is 0.465 e. The third-order valence-electron chi connectivity index (χ3n) is 2.82. The van der Waals surface area contributed by atoms with Crippen molar-refractivity contribution in [3.63, 3.8) is 0 Å². The lowest BCUT2D eigenvalue weighted by Gasteiger charge is -2.19. The fourth-order valence-electron chi connectivity index (χ4n) is 1.80. The molecule has 0 spiro atoms. The third kappa shape index (κ3) is 4.51. The van der Waals surface area contributed by atoms with E-state index in [0.29, 0.717) is 12.2 Å². The smallest absolute Gasteiger partial charge is 0.317 e. The van der Waals surface area contributed by atoms with E-state index in [4.69, 9.17) is 4.74 Å². The van der Waals surface area contributed by atoms with Gasteiger partial charge in [0.15, 0.2) is 5.78 Å². The van der Waals surface area contributed by atoms with Gasteiger partial charge in [-0.1, -0.05) is 58.0 Å². The minimum Gasteiger partial charge on any atom is -0.465 e. The molecule has 1 rings (SSSR count). The van der Waals surface area contributed by atoms with Gasteiger partial charge >= 0.3 is 5.97 Å². The van der Waals surface area contributed by atoms with E-state index in [1.54, 1.807) is 24.3 Å². The van der Waals surface area contributed by atoms with Gasteiger partial charge in [0.05, 0.1) is 6.61 Å². The molecule has 0 amide bonds. The summed E-state index contributed by atoms with van der Waals surface area (Å²) in [6, 6.07) is 8.90. The molecular weight excluding hydrogens is 240 g/mol. The van der Waals surface area contributed by atoms with Gasteiger partial charge < -0.3 is 4.74 Å². The van der Waals surface area contributed by atoms with Crippen LogP contribution in [0.5, 0.6) is 0 Å². The molecule has 0 bridgehead atoms. The van der Waals surface area contributed by atoms with Crippen LogP contribution in [0.15, 0.2) is 30.3 Å². The Morgan fingerprint density at radius 2 is 1.63 bits per heavy atom. The molecule has 1 aromatic carbocycles. The Morgan fingerprint density at radius 1 is 1.05 bits per heavy atom. The molecular formula is C16H22O3. The summed E-state index contributed by atoms with van der Waals surface area (Å²) in [5.74, 6) is -1.11. The number of ketones is 1. The number of esters is 1. The number of hydrogen-bond donors (Lipinski definition) is 0. The Labute approximate surface area is 115 Å². The van der Waals surface area contributed by atoms with E-state index in [-0.39, 0.29) is 17.6 Å². The lowest BCUT2D eigenvalue weighted by Crippen LogP contribution is -2.31. The van der Waals surface area contributed by atoms with Crippen molar-refractivity contribution in [2.75, 3.05) is 6.61 Å². The molecule has 3 nitrogen and oxygen atoms in total. The Kier molecular flexibility index (Phi) is 5.74. The van der Waals surface area contributed by atoms with E-state index in [1.165, 1.54) is 0 Å². The second-order valence-corrected chi connectivity index (χ2v) is 5.48. The molecule has 0 radical (unpaired) electrons. The summed E-state index contributed by atoms with van der Waals surface area (Å²) in [5, 5.41) is 0. The van der Waals surface area contributed by atoms with Crippen LogP contribution in [0.3, 0.4) is 0 Å². The maximum Gasteiger partial charge on any atom is 0.317 e. The van der Waals surface area contributed by atoms with Crippen molar-refractivity contribution >= 4 is 11.8 Å². The highest BCUT2D eigenvalue weighted by Gasteiger charge is 2.32. The van der Waals surface area contributed by atoms with Gasteiger partial charge in [0.2, 0.25) is 0 Å². The third-order valence-corrected chi connectivity index (χ3v) is 2.82. The van der Waals surface area contributed by atoms with Gasteiger partial charge in [0.1, 0.15) is 5.92 Å². The lowest BCUT2D eigenvalue weighted by molar-refractivity contribution is -0.149. The molecule has 0 aliphatic heterocycles. The van der Waals surface area contributed by atoms with Crippen molar-refractivity contribution < 1.29 is 14.3 Å². The van der Waals surface area contributed by atoms with Crippen LogP contribution in [0.2, 0.25) is 0 Å². The number of carbonyl (C=O) groups excluding carboxylic acids is 2. The molecule has 1 aromatic rings. The summed E-state index contributed by atoms with van der Waals surface area (Å²) < 4.78 is 5.21. The zero-order valence-corrected chi connectivity index (χ0v) is 12.1. The lowest BCUT2D eigenvalue weighted by atomic mass is 9.88. The predicted octanol–water partition coefficient (Wildman–Crippen LogP) is 3.34. The normalized spacial score (nSPS) is 12.5. The molecule has 0 aliphatic carbocycles. The molecule has 1 atom stereocenters. The summed E-state index contributed by atoms with van der Waals surface area (Å²) in [4.78, 5) is 24.4. The van der Waals surface area contributed by atoms with Gasteiger partial charge in [-0.05, 0) is 11.8 Å². The van der Waals surface area contributed by atoms with Crippen LogP contribution in [0.25, 0.3) is 0 Å². The van der Waals surface area contributed by atoms with Crippen LogP contribution in [0.4, 0.5) is 0 Å². The highest BCUT2D eigenvalue weighted by Crippen LogP contribution is 2.19. The second-order valence-electron chi connectivity index (χ2n) is 5.48. The van der Waals surface area contributed by atoms with Gasteiger partial charge in [-0.15, -0.1) is 0 Å². The van der Waals surface area contributed by atoms with Crippen LogP contribution < -0.4 is 0 Å². The maximum atomic E-state index is 12.4. The molecule has 0 N–H and O–H groups in total. The summed E-state index contributed by atoms with van der Waals surface area (Å²) in [6.45, 7) is 8.02. The van der Waals surface area contributed by atoms with Crippen LogP contribution in [-0.4, -0.2) is 18.4 Å². The first-order chi connectivity index (χ1) is 8.93. The Morgan fingerprint density at radius 3 is 2.11 bits per heavy atom. The van der Waals surface area contributed by atoms with Gasteiger partial charge in [-0.2, -0.15) is 0 Å². The number of ether oxygens (including phenoxy) is 1. The number of hydrogen-bond acceptors (Lipinski definition) is 3. The quantitative estimate of drug-likeness (QED) is 0.448. The Balaban J connectivity index is 2.83. The average molecular weight is 262 g/mol. The minimum absolute atomic E-state index is 0.0765. The van der Waals surface area contributed by atoms with Crippen molar-refractivity contribution in [2.45, 2.75) is 27.7 Å². The number of carbonyl (C=O) groups is 2. The topological polar surface area (TPSA) is 43.4 Å². The Bertz CT molecular complexity index is 421. The highest BCUT2D eigenvalue weighted by atomic mass is 16.5.